The van der Waals surface area contributed by atoms with Gasteiger partial charge in [-0.15, -0.1) is 0 Å². The van der Waals surface area contributed by atoms with E-state index in [0.717, 1.165) is 10.9 Å². The molecule has 0 atom stereocenters. The molecule has 0 aliphatic carbocycles. The van der Waals surface area contributed by atoms with Crippen molar-refractivity contribution in [1.29, 1.82) is 0 Å². The van der Waals surface area contributed by atoms with Crippen LogP contribution in [-0.2, 0) is 11.3 Å². The van der Waals surface area contributed by atoms with E-state index in [9.17, 15) is 9.90 Å². The summed E-state index contributed by atoms with van der Waals surface area (Å²) in [5, 5.41) is 12.5. The van der Waals surface area contributed by atoms with E-state index in [1.807, 2.05) is 24.3 Å². The predicted molar refractivity (Wildman–Crippen MR) is 64.5 cm³/mol. The third-order valence-corrected chi connectivity index (χ3v) is 3.38. The molecule has 2 heterocycles. The van der Waals surface area contributed by atoms with Gasteiger partial charge in [-0.05, 0) is 5.39 Å². The molecule has 1 aliphatic heterocycles. The predicted octanol–water partition coefficient (Wildman–Crippen LogP) is 2.96. The van der Waals surface area contributed by atoms with Crippen LogP contribution in [0, 0.1) is 0 Å². The van der Waals surface area contributed by atoms with Gasteiger partial charge in [0, 0.05) is 16.3 Å². The molecule has 0 bridgehead atoms. The second-order valence-electron chi connectivity index (χ2n) is 4.30. The molecule has 18 heavy (non-hydrogen) atoms. The Balaban J connectivity index is 2.34. The number of phenolic OH excluding ortho intramolecular Hbond substituents is 1. The van der Waals surface area contributed by atoms with E-state index < -0.39 is 5.97 Å². The highest BCUT2D eigenvalue weighted by Gasteiger charge is 2.27. The van der Waals surface area contributed by atoms with Crippen LogP contribution in [0.1, 0.15) is 15.9 Å². The standard InChI is InChI=1S/C14H8O4/c15-12-8-4-2-1-3-7(8)9-5-18-14(16)10-6-17-13(12)11(9)10/h1-4,6,15H,5H2. The highest BCUT2D eigenvalue weighted by Crippen LogP contribution is 2.42. The van der Waals surface area contributed by atoms with Crippen molar-refractivity contribution in [3.8, 4) is 5.75 Å². The van der Waals surface area contributed by atoms with Crippen molar-refractivity contribution < 1.29 is 19.1 Å². The lowest BCUT2D eigenvalue weighted by Crippen LogP contribution is -2.11. The quantitative estimate of drug-likeness (QED) is 0.614. The Kier molecular flexibility index (Phi) is 1.61. The normalized spacial score (nSPS) is 14.1. The van der Waals surface area contributed by atoms with Crippen molar-refractivity contribution in [2.45, 2.75) is 6.61 Å². The lowest BCUT2D eigenvalue weighted by atomic mass is 9.96. The Morgan fingerprint density at radius 1 is 1.17 bits per heavy atom. The zero-order valence-corrected chi connectivity index (χ0v) is 9.27. The summed E-state index contributed by atoms with van der Waals surface area (Å²) in [6.07, 6.45) is 1.34. The van der Waals surface area contributed by atoms with Crippen molar-refractivity contribution in [2.24, 2.45) is 0 Å². The van der Waals surface area contributed by atoms with E-state index in [1.54, 1.807) is 0 Å². The summed E-state index contributed by atoms with van der Waals surface area (Å²) in [5.41, 5.74) is 1.63. The molecule has 0 amide bonds. The molecular weight excluding hydrogens is 232 g/mol. The van der Waals surface area contributed by atoms with Gasteiger partial charge in [0.05, 0.1) is 0 Å². The van der Waals surface area contributed by atoms with Gasteiger partial charge in [0.2, 0.25) is 0 Å². The number of aromatic hydroxyl groups is 1. The number of esters is 1. The first-order valence-corrected chi connectivity index (χ1v) is 5.58. The Morgan fingerprint density at radius 2 is 1.94 bits per heavy atom. The molecule has 3 aromatic rings. The van der Waals surface area contributed by atoms with Gasteiger partial charge in [-0.25, -0.2) is 4.79 Å². The van der Waals surface area contributed by atoms with Gasteiger partial charge in [0.25, 0.3) is 0 Å². The molecule has 4 nitrogen and oxygen atoms in total. The number of ether oxygens (including phenoxy) is 1. The lowest BCUT2D eigenvalue weighted by Gasteiger charge is -2.15. The molecule has 1 aromatic heterocycles. The molecule has 0 saturated heterocycles. The molecular formula is C14H8O4. The highest BCUT2D eigenvalue weighted by atomic mass is 16.5. The number of benzene rings is 2. The Morgan fingerprint density at radius 3 is 2.78 bits per heavy atom. The molecule has 0 fully saturated rings. The molecule has 0 spiro atoms. The topological polar surface area (TPSA) is 59.7 Å². The van der Waals surface area contributed by atoms with Gasteiger partial charge < -0.3 is 14.3 Å². The van der Waals surface area contributed by atoms with Crippen molar-refractivity contribution in [3.63, 3.8) is 0 Å². The molecule has 1 N–H and O–H groups in total. The van der Waals surface area contributed by atoms with Gasteiger partial charge in [-0.3, -0.25) is 0 Å². The van der Waals surface area contributed by atoms with E-state index in [-0.39, 0.29) is 12.4 Å². The van der Waals surface area contributed by atoms with Crippen LogP contribution in [0.25, 0.3) is 21.7 Å². The fourth-order valence-corrected chi connectivity index (χ4v) is 2.56. The largest absolute Gasteiger partial charge is 0.504 e. The molecule has 88 valence electrons. The smallest absolute Gasteiger partial charge is 0.342 e. The maximum absolute atomic E-state index is 11.6. The number of cyclic esters (lactones) is 1. The zero-order chi connectivity index (χ0) is 12.3. The van der Waals surface area contributed by atoms with Crippen LogP contribution in [0.2, 0.25) is 0 Å². The minimum Gasteiger partial charge on any atom is -0.504 e. The molecule has 0 saturated carbocycles. The molecule has 0 unspecified atom stereocenters. The third-order valence-electron chi connectivity index (χ3n) is 3.38. The average Bonchev–Trinajstić information content (AvgIpc) is 2.84. The van der Waals surface area contributed by atoms with E-state index in [4.69, 9.17) is 9.15 Å². The van der Waals surface area contributed by atoms with Gasteiger partial charge in [-0.1, -0.05) is 24.3 Å². The van der Waals surface area contributed by atoms with Gasteiger partial charge in [-0.2, -0.15) is 0 Å². The van der Waals surface area contributed by atoms with Crippen LogP contribution in [-0.4, -0.2) is 11.1 Å². The minimum absolute atomic E-state index is 0.0744. The van der Waals surface area contributed by atoms with Crippen LogP contribution < -0.4 is 0 Å². The lowest BCUT2D eigenvalue weighted by molar-refractivity contribution is 0.0465. The van der Waals surface area contributed by atoms with Crippen molar-refractivity contribution >= 4 is 27.7 Å². The van der Waals surface area contributed by atoms with Crippen LogP contribution in [0.15, 0.2) is 34.9 Å². The number of fused-ring (bicyclic) bond motifs is 2. The van der Waals surface area contributed by atoms with E-state index in [1.165, 1.54) is 6.26 Å². The summed E-state index contributed by atoms with van der Waals surface area (Å²) in [5.74, 6) is -0.332. The summed E-state index contributed by atoms with van der Waals surface area (Å²) >= 11 is 0. The second-order valence-corrected chi connectivity index (χ2v) is 4.30. The van der Waals surface area contributed by atoms with Crippen LogP contribution >= 0.6 is 0 Å². The van der Waals surface area contributed by atoms with Gasteiger partial charge in [0.15, 0.2) is 11.3 Å². The fourth-order valence-electron chi connectivity index (χ4n) is 2.56. The van der Waals surface area contributed by atoms with E-state index >= 15 is 0 Å². The second kappa shape index (κ2) is 3.04. The van der Waals surface area contributed by atoms with Crippen molar-refractivity contribution in [3.05, 3.63) is 41.7 Å². The number of hydrogen-bond acceptors (Lipinski definition) is 4. The molecule has 2 aromatic carbocycles. The van der Waals surface area contributed by atoms with E-state index in [2.05, 4.69) is 0 Å². The van der Waals surface area contributed by atoms with Crippen LogP contribution in [0.3, 0.4) is 0 Å². The van der Waals surface area contributed by atoms with Crippen LogP contribution in [0.5, 0.6) is 5.75 Å². The number of phenols is 1. The summed E-state index contributed by atoms with van der Waals surface area (Å²) < 4.78 is 10.4. The van der Waals surface area contributed by atoms with E-state index in [0.29, 0.717) is 21.9 Å². The van der Waals surface area contributed by atoms with Crippen molar-refractivity contribution in [2.75, 3.05) is 0 Å². The Labute approximate surface area is 101 Å². The molecule has 0 radical (unpaired) electrons. The zero-order valence-electron chi connectivity index (χ0n) is 9.27. The summed E-state index contributed by atoms with van der Waals surface area (Å²) in [7, 11) is 0. The summed E-state index contributed by atoms with van der Waals surface area (Å²) in [6.45, 7) is 0.211. The van der Waals surface area contributed by atoms with Gasteiger partial charge >= 0.3 is 5.97 Å². The molecule has 1 aliphatic rings. The first-order chi connectivity index (χ1) is 8.77. The summed E-state index contributed by atoms with van der Waals surface area (Å²) in [4.78, 5) is 11.6. The highest BCUT2D eigenvalue weighted by molar-refractivity contribution is 6.14. The maximum Gasteiger partial charge on any atom is 0.342 e. The SMILES string of the molecule is O=C1OCc2c3ccccc3c(O)c3occ1c23. The Hall–Kier alpha value is -2.49. The Bertz CT molecular complexity index is 813. The molecule has 4 heteroatoms. The maximum atomic E-state index is 11.6. The summed E-state index contributed by atoms with van der Waals surface area (Å²) in [6, 6.07) is 7.46. The first kappa shape index (κ1) is 9.53. The molecule has 4 rings (SSSR count). The number of furan rings is 1. The van der Waals surface area contributed by atoms with Gasteiger partial charge in [0.1, 0.15) is 18.4 Å². The fraction of sp³-hybridized carbons (Fsp3) is 0.0714. The number of hydrogen-bond donors (Lipinski definition) is 1. The van der Waals surface area contributed by atoms with Crippen LogP contribution in [0.4, 0.5) is 0 Å². The number of carbonyl (C=O) groups is 1. The number of carbonyl (C=O) groups excluding carboxylic acids is 1. The average molecular weight is 240 g/mol. The monoisotopic (exact) mass is 240 g/mol. The third kappa shape index (κ3) is 0.977. The number of rotatable bonds is 0. The van der Waals surface area contributed by atoms with Crippen molar-refractivity contribution in [1.82, 2.24) is 0 Å². The first-order valence-electron chi connectivity index (χ1n) is 5.58. The minimum atomic E-state index is -0.407.